The van der Waals surface area contributed by atoms with Gasteiger partial charge in [0, 0.05) is 21.8 Å². The van der Waals surface area contributed by atoms with Gasteiger partial charge in [-0.15, -0.1) is 11.3 Å². The Kier molecular flexibility index (Phi) is 6.05. The lowest BCUT2D eigenvalue weighted by molar-refractivity contribution is -0.137. The molecule has 2 heterocycles. The maximum absolute atomic E-state index is 12.7. The molecular formula is C15H23BrN2OS. The van der Waals surface area contributed by atoms with Crippen LogP contribution < -0.4 is 0 Å². The number of likely N-dealkylation sites (N-methyl/N-ethyl adjacent to an activating group) is 1. The first kappa shape index (κ1) is 16.0. The Balaban J connectivity index is 1.97. The molecule has 0 N–H and O–H groups in total. The van der Waals surface area contributed by atoms with Gasteiger partial charge in [0.2, 0.25) is 5.91 Å². The van der Waals surface area contributed by atoms with Crippen LogP contribution in [0.15, 0.2) is 15.9 Å². The molecule has 0 saturated carbocycles. The van der Waals surface area contributed by atoms with Gasteiger partial charge in [0.05, 0.1) is 12.6 Å². The maximum Gasteiger partial charge on any atom is 0.239 e. The van der Waals surface area contributed by atoms with Gasteiger partial charge in [-0.3, -0.25) is 9.69 Å². The number of piperidine rings is 1. The van der Waals surface area contributed by atoms with Gasteiger partial charge < -0.3 is 4.90 Å². The number of nitrogens with zero attached hydrogens (tertiary/aromatic N) is 2. The van der Waals surface area contributed by atoms with E-state index in [0.717, 1.165) is 30.4 Å². The summed E-state index contributed by atoms with van der Waals surface area (Å²) in [6.07, 6.45) is 4.53. The van der Waals surface area contributed by atoms with E-state index in [1.165, 1.54) is 17.7 Å². The summed E-state index contributed by atoms with van der Waals surface area (Å²) in [5.41, 5.74) is 0. The molecule has 3 nitrogen and oxygen atoms in total. The quantitative estimate of drug-likeness (QED) is 0.800. The summed E-state index contributed by atoms with van der Waals surface area (Å²) in [7, 11) is 1.93. The summed E-state index contributed by atoms with van der Waals surface area (Å²) < 4.78 is 1.10. The number of likely N-dealkylation sites (tertiary alicyclic amines) is 1. The van der Waals surface area contributed by atoms with Crippen molar-refractivity contribution in [3.05, 3.63) is 20.8 Å². The van der Waals surface area contributed by atoms with Crippen LogP contribution in [0.5, 0.6) is 0 Å². The van der Waals surface area contributed by atoms with Crippen molar-refractivity contribution in [2.24, 2.45) is 0 Å². The number of hydrogen-bond acceptors (Lipinski definition) is 3. The zero-order valence-electron chi connectivity index (χ0n) is 12.3. The van der Waals surface area contributed by atoms with Crippen LogP contribution in [0.2, 0.25) is 0 Å². The smallest absolute Gasteiger partial charge is 0.239 e. The van der Waals surface area contributed by atoms with Crippen molar-refractivity contribution in [3.63, 3.8) is 0 Å². The first-order valence-electron chi connectivity index (χ1n) is 7.33. The normalized spacial score (nSPS) is 20.1. The van der Waals surface area contributed by atoms with Crippen molar-refractivity contribution >= 4 is 33.2 Å². The predicted molar refractivity (Wildman–Crippen MR) is 88.0 cm³/mol. The highest BCUT2D eigenvalue weighted by molar-refractivity contribution is 9.10. The highest BCUT2D eigenvalue weighted by Gasteiger charge is 2.30. The van der Waals surface area contributed by atoms with Gasteiger partial charge >= 0.3 is 0 Å². The summed E-state index contributed by atoms with van der Waals surface area (Å²) in [5.74, 6) is 0.280. The minimum Gasteiger partial charge on any atom is -0.339 e. The minimum atomic E-state index is 0.0945. The third kappa shape index (κ3) is 4.06. The van der Waals surface area contributed by atoms with Gasteiger partial charge in [-0.2, -0.15) is 0 Å². The zero-order chi connectivity index (χ0) is 14.5. The van der Waals surface area contributed by atoms with Gasteiger partial charge in [-0.25, -0.2) is 0 Å². The van der Waals surface area contributed by atoms with Crippen LogP contribution in [0.4, 0.5) is 0 Å². The fourth-order valence-corrected chi connectivity index (χ4v) is 4.33. The van der Waals surface area contributed by atoms with Gasteiger partial charge in [0.1, 0.15) is 0 Å². The van der Waals surface area contributed by atoms with E-state index in [-0.39, 0.29) is 11.9 Å². The van der Waals surface area contributed by atoms with Crippen molar-refractivity contribution < 1.29 is 4.79 Å². The monoisotopic (exact) mass is 358 g/mol. The molecular weight excluding hydrogens is 336 g/mol. The fraction of sp³-hybridized carbons (Fsp3) is 0.667. The number of amides is 1. The Morgan fingerprint density at radius 2 is 2.35 bits per heavy atom. The standard InChI is InChI=1S/C15H23BrN2OS/c1-3-7-18-8-5-4-6-14(18)15(19)17(2)10-13-9-12(16)11-20-13/h9,11,14H,3-8,10H2,1-2H3. The lowest BCUT2D eigenvalue weighted by atomic mass is 10.0. The molecule has 1 aliphatic heterocycles. The molecule has 2 rings (SSSR count). The van der Waals surface area contributed by atoms with E-state index in [0.29, 0.717) is 6.54 Å². The van der Waals surface area contributed by atoms with Crippen molar-refractivity contribution in [2.75, 3.05) is 20.1 Å². The van der Waals surface area contributed by atoms with E-state index >= 15 is 0 Å². The average Bonchev–Trinajstić information content (AvgIpc) is 2.84. The summed E-state index contributed by atoms with van der Waals surface area (Å²) in [5, 5.41) is 2.07. The van der Waals surface area contributed by atoms with Crippen LogP contribution in [0.1, 0.15) is 37.5 Å². The molecule has 1 aliphatic rings. The molecule has 0 aromatic carbocycles. The molecule has 1 atom stereocenters. The number of rotatable bonds is 5. The molecule has 1 saturated heterocycles. The molecule has 0 bridgehead atoms. The average molecular weight is 359 g/mol. The van der Waals surface area contributed by atoms with E-state index in [4.69, 9.17) is 0 Å². The highest BCUT2D eigenvalue weighted by atomic mass is 79.9. The Bertz CT molecular complexity index is 447. The Hall–Kier alpha value is -0.390. The lowest BCUT2D eigenvalue weighted by Crippen LogP contribution is -2.49. The highest BCUT2D eigenvalue weighted by Crippen LogP contribution is 2.23. The van der Waals surface area contributed by atoms with E-state index in [2.05, 4.69) is 39.2 Å². The Morgan fingerprint density at radius 1 is 1.55 bits per heavy atom. The van der Waals surface area contributed by atoms with Gasteiger partial charge in [0.15, 0.2) is 0 Å². The van der Waals surface area contributed by atoms with Crippen molar-refractivity contribution in [1.82, 2.24) is 9.80 Å². The molecule has 1 aromatic rings. The first-order valence-corrected chi connectivity index (χ1v) is 9.01. The molecule has 1 amide bonds. The van der Waals surface area contributed by atoms with Crippen LogP contribution in [-0.4, -0.2) is 41.9 Å². The summed E-state index contributed by atoms with van der Waals surface area (Å²) in [6, 6.07) is 2.19. The molecule has 0 aliphatic carbocycles. The summed E-state index contributed by atoms with van der Waals surface area (Å²) in [4.78, 5) is 18.2. The van der Waals surface area contributed by atoms with Crippen molar-refractivity contribution in [1.29, 1.82) is 0 Å². The number of hydrogen-bond donors (Lipinski definition) is 0. The Morgan fingerprint density at radius 3 is 3.00 bits per heavy atom. The molecule has 5 heteroatoms. The van der Waals surface area contributed by atoms with E-state index in [9.17, 15) is 4.79 Å². The summed E-state index contributed by atoms with van der Waals surface area (Å²) in [6.45, 7) is 5.01. The topological polar surface area (TPSA) is 23.6 Å². The second-order valence-corrected chi connectivity index (χ2v) is 7.38. The van der Waals surface area contributed by atoms with Gasteiger partial charge in [0.25, 0.3) is 0 Å². The van der Waals surface area contributed by atoms with E-state index < -0.39 is 0 Å². The van der Waals surface area contributed by atoms with E-state index in [1.54, 1.807) is 11.3 Å². The Labute approximate surface area is 134 Å². The number of thiophene rings is 1. The summed E-state index contributed by atoms with van der Waals surface area (Å²) >= 11 is 5.16. The minimum absolute atomic E-state index is 0.0945. The third-order valence-corrected chi connectivity index (χ3v) is 5.48. The van der Waals surface area contributed by atoms with E-state index in [1.807, 2.05) is 11.9 Å². The molecule has 1 aromatic heterocycles. The number of carbonyl (C=O) groups excluding carboxylic acids is 1. The predicted octanol–water partition coefficient (Wildman–Crippen LogP) is 3.73. The molecule has 0 radical (unpaired) electrons. The first-order chi connectivity index (χ1) is 9.61. The fourth-order valence-electron chi connectivity index (χ4n) is 2.83. The van der Waals surface area contributed by atoms with Crippen LogP contribution in [0, 0.1) is 0 Å². The van der Waals surface area contributed by atoms with Crippen LogP contribution in [-0.2, 0) is 11.3 Å². The molecule has 1 fully saturated rings. The van der Waals surface area contributed by atoms with Crippen LogP contribution >= 0.6 is 27.3 Å². The zero-order valence-corrected chi connectivity index (χ0v) is 14.7. The second-order valence-electron chi connectivity index (χ2n) is 5.47. The number of carbonyl (C=O) groups is 1. The van der Waals surface area contributed by atoms with Crippen LogP contribution in [0.25, 0.3) is 0 Å². The van der Waals surface area contributed by atoms with Crippen LogP contribution in [0.3, 0.4) is 0 Å². The largest absolute Gasteiger partial charge is 0.339 e. The molecule has 1 unspecified atom stereocenters. The molecule has 20 heavy (non-hydrogen) atoms. The number of halogens is 1. The molecule has 112 valence electrons. The van der Waals surface area contributed by atoms with Crippen molar-refractivity contribution in [2.45, 2.75) is 45.2 Å². The molecule has 0 spiro atoms. The third-order valence-electron chi connectivity index (χ3n) is 3.80. The van der Waals surface area contributed by atoms with Crippen molar-refractivity contribution in [3.8, 4) is 0 Å². The lowest BCUT2D eigenvalue weighted by Gasteiger charge is -2.36. The van der Waals surface area contributed by atoms with Gasteiger partial charge in [-0.05, 0) is 54.3 Å². The maximum atomic E-state index is 12.7. The second kappa shape index (κ2) is 7.57. The van der Waals surface area contributed by atoms with Gasteiger partial charge in [-0.1, -0.05) is 13.3 Å². The SMILES string of the molecule is CCCN1CCCCC1C(=O)N(C)Cc1cc(Br)cs1.